The van der Waals surface area contributed by atoms with Crippen molar-refractivity contribution in [2.75, 3.05) is 12.9 Å². The zero-order valence-corrected chi connectivity index (χ0v) is 15.5. The van der Waals surface area contributed by atoms with Gasteiger partial charge in [0.1, 0.15) is 5.75 Å². The molecule has 0 spiro atoms. The lowest BCUT2D eigenvalue weighted by molar-refractivity contribution is -0.118. The predicted molar refractivity (Wildman–Crippen MR) is 104 cm³/mol. The third-order valence-corrected chi connectivity index (χ3v) is 5.63. The van der Waals surface area contributed by atoms with Crippen LogP contribution in [0.15, 0.2) is 58.0 Å². The van der Waals surface area contributed by atoms with Crippen LogP contribution < -0.4 is 10.2 Å². The van der Waals surface area contributed by atoms with Crippen LogP contribution in [0.1, 0.15) is 12.5 Å². The number of aromatic nitrogens is 1. The van der Waals surface area contributed by atoms with Crippen LogP contribution in [-0.4, -0.2) is 29.5 Å². The Kier molecular flexibility index (Phi) is 5.67. The van der Waals surface area contributed by atoms with E-state index in [1.54, 1.807) is 18.4 Å². The number of nitrogens with one attached hydrogen (secondary N) is 1. The number of methoxy groups -OCH3 is 1. The number of nitrogens with zero attached hydrogens (tertiary/aromatic N) is 2. The van der Waals surface area contributed by atoms with E-state index in [1.807, 2.05) is 55.5 Å². The number of carbonyl (C=O) groups excluding carboxylic acids is 1. The summed E-state index contributed by atoms with van der Waals surface area (Å²) in [4.78, 5) is 16.5. The third kappa shape index (κ3) is 4.37. The quantitative estimate of drug-likeness (QED) is 0.405. The molecule has 2 aromatic carbocycles. The number of amides is 1. The minimum Gasteiger partial charge on any atom is -0.496 e. The molecule has 0 unspecified atom stereocenters. The summed E-state index contributed by atoms with van der Waals surface area (Å²) in [6.45, 7) is 1.83. The van der Waals surface area contributed by atoms with Crippen LogP contribution in [0.5, 0.6) is 5.75 Å². The van der Waals surface area contributed by atoms with Gasteiger partial charge in [0, 0.05) is 5.56 Å². The van der Waals surface area contributed by atoms with E-state index in [1.165, 1.54) is 11.8 Å². The molecule has 3 aromatic rings. The molecule has 0 fully saturated rings. The number of thiazole rings is 1. The fourth-order valence-corrected chi connectivity index (χ4v) is 4.08. The van der Waals surface area contributed by atoms with Gasteiger partial charge in [-0.2, -0.15) is 5.10 Å². The number of rotatable bonds is 6. The van der Waals surface area contributed by atoms with E-state index >= 15 is 0 Å². The number of hydrogen-bond acceptors (Lipinski definition) is 6. The fourth-order valence-electron chi connectivity index (χ4n) is 2.22. The minimum atomic E-state index is -0.168. The molecule has 0 aliphatic carbocycles. The van der Waals surface area contributed by atoms with E-state index in [2.05, 4.69) is 15.5 Å². The Morgan fingerprint density at radius 3 is 2.80 bits per heavy atom. The summed E-state index contributed by atoms with van der Waals surface area (Å²) in [7, 11) is 1.61. The minimum absolute atomic E-state index is 0.168. The van der Waals surface area contributed by atoms with E-state index in [0.717, 1.165) is 25.9 Å². The topological polar surface area (TPSA) is 63.6 Å². The molecule has 128 valence electrons. The average Bonchev–Trinajstić information content (AvgIpc) is 3.07. The first-order valence-corrected chi connectivity index (χ1v) is 9.42. The molecular weight excluding hydrogens is 354 g/mol. The first-order valence-electron chi connectivity index (χ1n) is 7.62. The standard InChI is InChI=1S/C18H17N3O2S2/c1-12(13-7-3-5-9-15(13)23-2)20-21-17(22)11-24-18-19-14-8-4-6-10-16(14)25-18/h3-10H,11H2,1-2H3,(H,21,22)/b20-12-. The monoisotopic (exact) mass is 371 g/mol. The van der Waals surface area contributed by atoms with Gasteiger partial charge in [-0.1, -0.05) is 36.0 Å². The highest BCUT2D eigenvalue weighted by atomic mass is 32.2. The lowest BCUT2D eigenvalue weighted by Gasteiger charge is -2.07. The number of ether oxygens (including phenoxy) is 1. The van der Waals surface area contributed by atoms with E-state index < -0.39 is 0 Å². The summed E-state index contributed by atoms with van der Waals surface area (Å²) < 4.78 is 7.30. The van der Waals surface area contributed by atoms with E-state index in [0.29, 0.717) is 5.71 Å². The van der Waals surface area contributed by atoms with Crippen LogP contribution in [0, 0.1) is 0 Å². The van der Waals surface area contributed by atoms with Crippen molar-refractivity contribution in [2.24, 2.45) is 5.10 Å². The van der Waals surface area contributed by atoms with Gasteiger partial charge in [0.05, 0.1) is 28.8 Å². The van der Waals surface area contributed by atoms with E-state index in [4.69, 9.17) is 4.74 Å². The molecule has 1 heterocycles. The van der Waals surface area contributed by atoms with Gasteiger partial charge in [0.2, 0.25) is 0 Å². The molecular formula is C18H17N3O2S2. The molecule has 0 radical (unpaired) electrons. The van der Waals surface area contributed by atoms with Crippen LogP contribution >= 0.6 is 23.1 Å². The van der Waals surface area contributed by atoms with E-state index in [9.17, 15) is 4.79 Å². The highest BCUT2D eigenvalue weighted by Gasteiger charge is 2.08. The molecule has 0 saturated heterocycles. The molecule has 0 saturated carbocycles. The zero-order valence-electron chi connectivity index (χ0n) is 13.9. The van der Waals surface area contributed by atoms with Crippen molar-refractivity contribution >= 4 is 44.9 Å². The van der Waals surface area contributed by atoms with Gasteiger partial charge in [-0.3, -0.25) is 4.79 Å². The van der Waals surface area contributed by atoms with Crippen LogP contribution in [0.4, 0.5) is 0 Å². The van der Waals surface area contributed by atoms with Gasteiger partial charge in [0.25, 0.3) is 5.91 Å². The lowest BCUT2D eigenvalue weighted by Crippen LogP contribution is -2.21. The van der Waals surface area contributed by atoms with Crippen molar-refractivity contribution in [3.05, 3.63) is 54.1 Å². The van der Waals surface area contributed by atoms with Crippen molar-refractivity contribution in [1.82, 2.24) is 10.4 Å². The van der Waals surface area contributed by atoms with Gasteiger partial charge >= 0.3 is 0 Å². The van der Waals surface area contributed by atoms with Crippen molar-refractivity contribution in [2.45, 2.75) is 11.3 Å². The number of hydrogen-bond donors (Lipinski definition) is 1. The Bertz CT molecular complexity index is 888. The Hall–Kier alpha value is -2.38. The van der Waals surface area contributed by atoms with Gasteiger partial charge in [-0.05, 0) is 31.2 Å². The first-order chi connectivity index (χ1) is 12.2. The summed E-state index contributed by atoms with van der Waals surface area (Å²) >= 11 is 3.00. The molecule has 0 atom stereocenters. The van der Waals surface area contributed by atoms with E-state index in [-0.39, 0.29) is 11.7 Å². The molecule has 25 heavy (non-hydrogen) atoms. The number of benzene rings is 2. The second-order valence-electron chi connectivity index (χ2n) is 5.17. The van der Waals surface area contributed by atoms with Crippen molar-refractivity contribution in [3.63, 3.8) is 0 Å². The number of para-hydroxylation sites is 2. The van der Waals surface area contributed by atoms with Gasteiger partial charge < -0.3 is 4.74 Å². The number of fused-ring (bicyclic) bond motifs is 1. The van der Waals surface area contributed by atoms with Gasteiger partial charge in [-0.15, -0.1) is 11.3 Å². The molecule has 7 heteroatoms. The smallest absolute Gasteiger partial charge is 0.250 e. The van der Waals surface area contributed by atoms with Crippen molar-refractivity contribution in [1.29, 1.82) is 0 Å². The number of carbonyl (C=O) groups is 1. The predicted octanol–water partition coefficient (Wildman–Crippen LogP) is 3.94. The zero-order chi connectivity index (χ0) is 17.6. The third-order valence-electron chi connectivity index (χ3n) is 3.45. The number of hydrazone groups is 1. The second kappa shape index (κ2) is 8.13. The van der Waals surface area contributed by atoms with Crippen LogP contribution in [0.25, 0.3) is 10.2 Å². The SMILES string of the molecule is COc1ccccc1/C(C)=N\NC(=O)CSc1nc2ccccc2s1. The molecule has 1 aromatic heterocycles. The van der Waals surface area contributed by atoms with Crippen LogP contribution in [-0.2, 0) is 4.79 Å². The summed E-state index contributed by atoms with van der Waals surface area (Å²) in [6, 6.07) is 15.5. The summed E-state index contributed by atoms with van der Waals surface area (Å²) in [5, 5.41) is 4.16. The molecule has 1 N–H and O–H groups in total. The highest BCUT2D eigenvalue weighted by Crippen LogP contribution is 2.29. The molecule has 0 bridgehead atoms. The van der Waals surface area contributed by atoms with Crippen LogP contribution in [0.2, 0.25) is 0 Å². The Morgan fingerprint density at radius 1 is 1.24 bits per heavy atom. The first kappa shape index (κ1) is 17.4. The summed E-state index contributed by atoms with van der Waals surface area (Å²) in [5.41, 5.74) is 5.09. The second-order valence-corrected chi connectivity index (χ2v) is 7.42. The maximum absolute atomic E-state index is 12.0. The average molecular weight is 371 g/mol. The molecule has 3 rings (SSSR count). The van der Waals surface area contributed by atoms with Gasteiger partial charge in [-0.25, -0.2) is 10.4 Å². The lowest BCUT2D eigenvalue weighted by atomic mass is 10.1. The molecule has 0 aliphatic heterocycles. The highest BCUT2D eigenvalue weighted by molar-refractivity contribution is 8.01. The Morgan fingerprint density at radius 2 is 2.00 bits per heavy atom. The van der Waals surface area contributed by atoms with Crippen LogP contribution in [0.3, 0.4) is 0 Å². The van der Waals surface area contributed by atoms with Gasteiger partial charge in [0.15, 0.2) is 4.34 Å². The Labute approximate surface area is 154 Å². The molecule has 1 amide bonds. The largest absolute Gasteiger partial charge is 0.496 e. The summed E-state index contributed by atoms with van der Waals surface area (Å²) in [6.07, 6.45) is 0. The Balaban J connectivity index is 1.58. The molecule has 0 aliphatic rings. The fraction of sp³-hybridized carbons (Fsp3) is 0.167. The normalized spacial score (nSPS) is 11.5. The summed E-state index contributed by atoms with van der Waals surface area (Å²) in [5.74, 6) is 0.822. The maximum Gasteiger partial charge on any atom is 0.250 e. The van der Waals surface area contributed by atoms with Crippen molar-refractivity contribution < 1.29 is 9.53 Å². The molecule has 5 nitrogen and oxygen atoms in total. The van der Waals surface area contributed by atoms with Crippen molar-refractivity contribution in [3.8, 4) is 5.75 Å². The number of thioether (sulfide) groups is 1. The maximum atomic E-state index is 12.0.